The van der Waals surface area contributed by atoms with Crippen LogP contribution < -0.4 is 0 Å². The molecule has 0 aromatic heterocycles. The second kappa shape index (κ2) is 10.4. The highest BCUT2D eigenvalue weighted by molar-refractivity contribution is 8.00. The quantitative estimate of drug-likeness (QED) is 0.362. The minimum atomic E-state index is -1.21. The average molecular weight is 449 g/mol. The smallest absolute Gasteiger partial charge is 0.312 e. The molecule has 0 saturated carbocycles. The molecule has 0 spiro atoms. The van der Waals surface area contributed by atoms with Crippen LogP contribution in [-0.2, 0) is 9.54 Å². The molecule has 3 aromatic rings. The molecule has 4 heteroatoms. The molecule has 168 valence electrons. The first kappa shape index (κ1) is 24.1. The summed E-state index contributed by atoms with van der Waals surface area (Å²) < 4.78 is -0.581. The largest absolute Gasteiger partial charge is 0.481 e. The van der Waals surface area contributed by atoms with Gasteiger partial charge in [0, 0.05) is 5.75 Å². The molecule has 0 aliphatic rings. The first-order valence-electron chi connectivity index (χ1n) is 11.0. The fourth-order valence-corrected chi connectivity index (χ4v) is 6.05. The zero-order chi connectivity index (χ0) is 23.2. The van der Waals surface area contributed by atoms with Crippen molar-refractivity contribution in [1.82, 2.24) is 0 Å². The maximum Gasteiger partial charge on any atom is 0.312 e. The van der Waals surface area contributed by atoms with E-state index in [-0.39, 0.29) is 11.7 Å². The van der Waals surface area contributed by atoms with Crippen molar-refractivity contribution in [2.24, 2.45) is 11.3 Å². The predicted octanol–water partition coefficient (Wildman–Crippen LogP) is 6.21. The molecule has 3 rings (SSSR count). The van der Waals surface area contributed by atoms with E-state index in [1.165, 1.54) is 0 Å². The number of benzene rings is 3. The normalized spacial score (nSPS) is 14.7. The number of rotatable bonds is 10. The Balaban J connectivity index is 2.10. The summed E-state index contributed by atoms with van der Waals surface area (Å²) in [5.74, 6) is -0.504. The van der Waals surface area contributed by atoms with Crippen LogP contribution in [-0.4, -0.2) is 28.0 Å². The summed E-state index contributed by atoms with van der Waals surface area (Å²) in [6.07, 6.45) is -0.582. The van der Waals surface area contributed by atoms with Gasteiger partial charge in [-0.05, 0) is 36.0 Å². The van der Waals surface area contributed by atoms with Gasteiger partial charge >= 0.3 is 5.97 Å². The van der Waals surface area contributed by atoms with E-state index in [0.717, 1.165) is 16.7 Å². The highest BCUT2D eigenvalue weighted by atomic mass is 32.2. The number of aliphatic carboxylic acids is 1. The topological polar surface area (TPSA) is 57.5 Å². The standard InChI is InChI=1S/C28H32O3S/c1-21(2)19-27(3,26(30)31)25(29)20-32-28(22-13-7-4-8-14-22,23-15-9-5-10-16-23)24-17-11-6-12-18-24/h4-18,21,25,29H,19-20H2,1-3H3,(H,30,31). The molecule has 2 atom stereocenters. The van der Waals surface area contributed by atoms with E-state index >= 15 is 0 Å². The first-order valence-corrected chi connectivity index (χ1v) is 12.0. The summed E-state index contributed by atoms with van der Waals surface area (Å²) in [6.45, 7) is 5.64. The highest BCUT2D eigenvalue weighted by Crippen LogP contribution is 2.49. The maximum absolute atomic E-state index is 12.2. The molecule has 0 heterocycles. The van der Waals surface area contributed by atoms with Crippen molar-refractivity contribution >= 4 is 17.7 Å². The first-order chi connectivity index (χ1) is 15.3. The lowest BCUT2D eigenvalue weighted by molar-refractivity contribution is -0.155. The van der Waals surface area contributed by atoms with Crippen molar-refractivity contribution in [2.75, 3.05) is 5.75 Å². The lowest BCUT2D eigenvalue weighted by atomic mass is 9.78. The van der Waals surface area contributed by atoms with E-state index < -0.39 is 22.2 Å². The molecule has 3 nitrogen and oxygen atoms in total. The van der Waals surface area contributed by atoms with Gasteiger partial charge in [-0.2, -0.15) is 0 Å². The van der Waals surface area contributed by atoms with Crippen LogP contribution in [0.15, 0.2) is 91.0 Å². The number of hydrogen-bond donors (Lipinski definition) is 2. The molecule has 0 aliphatic carbocycles. The Kier molecular flexibility index (Phi) is 7.81. The summed E-state index contributed by atoms with van der Waals surface area (Å²) in [5.41, 5.74) is 2.07. The minimum absolute atomic E-state index is 0.165. The van der Waals surface area contributed by atoms with Crippen molar-refractivity contribution in [1.29, 1.82) is 0 Å². The number of carbonyl (C=O) groups is 1. The summed E-state index contributed by atoms with van der Waals surface area (Å²) >= 11 is 1.59. The Bertz CT molecular complexity index is 892. The number of carboxylic acid groups (broad SMARTS) is 1. The average Bonchev–Trinajstić information content (AvgIpc) is 2.81. The summed E-state index contributed by atoms with van der Waals surface area (Å²) in [7, 11) is 0. The van der Waals surface area contributed by atoms with Gasteiger partial charge in [0.15, 0.2) is 0 Å². The van der Waals surface area contributed by atoms with Gasteiger partial charge in [-0.15, -0.1) is 11.8 Å². The molecule has 2 unspecified atom stereocenters. The molecule has 0 bridgehead atoms. The van der Waals surface area contributed by atoms with E-state index in [0.29, 0.717) is 6.42 Å². The molecule has 0 radical (unpaired) electrons. The lowest BCUT2D eigenvalue weighted by Gasteiger charge is -2.38. The second-order valence-corrected chi connectivity index (χ2v) is 10.2. The minimum Gasteiger partial charge on any atom is -0.481 e. The van der Waals surface area contributed by atoms with Crippen LogP contribution in [0.3, 0.4) is 0 Å². The lowest BCUT2D eigenvalue weighted by Crippen LogP contribution is -2.43. The van der Waals surface area contributed by atoms with Gasteiger partial charge in [0.05, 0.1) is 16.3 Å². The Morgan fingerprint density at radius 1 is 0.812 bits per heavy atom. The van der Waals surface area contributed by atoms with Gasteiger partial charge in [-0.3, -0.25) is 4.79 Å². The van der Waals surface area contributed by atoms with Crippen LogP contribution in [0.1, 0.15) is 43.9 Å². The van der Waals surface area contributed by atoms with Gasteiger partial charge in [0.1, 0.15) is 0 Å². The molecule has 2 N–H and O–H groups in total. The van der Waals surface area contributed by atoms with Gasteiger partial charge in [-0.25, -0.2) is 0 Å². The predicted molar refractivity (Wildman–Crippen MR) is 133 cm³/mol. The van der Waals surface area contributed by atoms with E-state index in [4.69, 9.17) is 0 Å². The molecule has 0 amide bonds. The number of carboxylic acids is 1. The monoisotopic (exact) mass is 448 g/mol. The molecular weight excluding hydrogens is 416 g/mol. The third-order valence-electron chi connectivity index (χ3n) is 6.05. The molecular formula is C28H32O3S. The van der Waals surface area contributed by atoms with E-state index in [9.17, 15) is 15.0 Å². The van der Waals surface area contributed by atoms with E-state index in [1.807, 2.05) is 68.4 Å². The number of aliphatic hydroxyl groups excluding tert-OH is 1. The second-order valence-electron chi connectivity index (χ2n) is 8.93. The van der Waals surface area contributed by atoms with Gasteiger partial charge < -0.3 is 10.2 Å². The van der Waals surface area contributed by atoms with Crippen LogP contribution >= 0.6 is 11.8 Å². The van der Waals surface area contributed by atoms with Crippen LogP contribution in [0.5, 0.6) is 0 Å². The number of thioether (sulfide) groups is 1. The Morgan fingerprint density at radius 2 is 1.19 bits per heavy atom. The zero-order valence-corrected chi connectivity index (χ0v) is 19.8. The molecule has 0 saturated heterocycles. The fraction of sp³-hybridized carbons (Fsp3) is 0.321. The van der Waals surface area contributed by atoms with Gasteiger partial charge in [0.2, 0.25) is 0 Å². The summed E-state index contributed by atoms with van der Waals surface area (Å²) in [5, 5.41) is 21.2. The van der Waals surface area contributed by atoms with Crippen LogP contribution in [0, 0.1) is 11.3 Å². The Morgan fingerprint density at radius 3 is 1.50 bits per heavy atom. The maximum atomic E-state index is 12.2. The zero-order valence-electron chi connectivity index (χ0n) is 18.9. The SMILES string of the molecule is CC(C)CC(C)(C(=O)O)C(O)CSC(c1ccccc1)(c1ccccc1)c1ccccc1. The third kappa shape index (κ3) is 4.92. The van der Waals surface area contributed by atoms with Gasteiger partial charge in [0.25, 0.3) is 0 Å². The van der Waals surface area contributed by atoms with Crippen molar-refractivity contribution < 1.29 is 15.0 Å². The summed E-state index contributed by atoms with van der Waals surface area (Å²) in [6, 6.07) is 30.7. The van der Waals surface area contributed by atoms with E-state index in [2.05, 4.69) is 36.4 Å². The molecule has 3 aromatic carbocycles. The fourth-order valence-electron chi connectivity index (χ4n) is 4.37. The van der Waals surface area contributed by atoms with Crippen LogP contribution in [0.4, 0.5) is 0 Å². The van der Waals surface area contributed by atoms with Crippen molar-refractivity contribution in [2.45, 2.75) is 38.0 Å². The van der Waals surface area contributed by atoms with E-state index in [1.54, 1.807) is 18.7 Å². The third-order valence-corrected chi connectivity index (χ3v) is 7.68. The van der Waals surface area contributed by atoms with Gasteiger partial charge in [-0.1, -0.05) is 105 Å². The molecule has 0 aliphatic heterocycles. The van der Waals surface area contributed by atoms with Crippen molar-refractivity contribution in [3.63, 3.8) is 0 Å². The molecule has 32 heavy (non-hydrogen) atoms. The van der Waals surface area contributed by atoms with Crippen LogP contribution in [0.25, 0.3) is 0 Å². The van der Waals surface area contributed by atoms with Crippen molar-refractivity contribution in [3.05, 3.63) is 108 Å². The molecule has 0 fully saturated rings. The Hall–Kier alpha value is -2.56. The summed E-state index contributed by atoms with van der Waals surface area (Å²) in [4.78, 5) is 12.2. The van der Waals surface area contributed by atoms with Crippen molar-refractivity contribution in [3.8, 4) is 0 Å². The van der Waals surface area contributed by atoms with Crippen LogP contribution in [0.2, 0.25) is 0 Å². The number of hydrogen-bond acceptors (Lipinski definition) is 3. The number of aliphatic hydroxyl groups is 1. The Labute approximate surface area is 195 Å². The highest BCUT2D eigenvalue weighted by Gasteiger charge is 2.44.